The van der Waals surface area contributed by atoms with Gasteiger partial charge in [0.2, 0.25) is 5.95 Å². The number of pyridine rings is 1. The maximum atomic E-state index is 13.4. The van der Waals surface area contributed by atoms with Crippen LogP contribution in [0.2, 0.25) is 0 Å². The Balaban J connectivity index is 2.12. The molecule has 0 spiro atoms. The highest BCUT2D eigenvalue weighted by Crippen LogP contribution is 2.14. The summed E-state index contributed by atoms with van der Waals surface area (Å²) in [7, 11) is 0. The smallest absolute Gasteiger partial charge is 0.307 e. The molecule has 0 aliphatic rings. The van der Waals surface area contributed by atoms with E-state index in [-0.39, 0.29) is 6.42 Å². The Bertz CT molecular complexity index is 687. The minimum atomic E-state index is -1.35. The zero-order chi connectivity index (χ0) is 15.4. The summed E-state index contributed by atoms with van der Waals surface area (Å²) in [6.45, 7) is 0. The molecule has 1 heterocycles. The van der Waals surface area contributed by atoms with E-state index in [1.807, 2.05) is 0 Å². The molecule has 1 aromatic heterocycles. The molecule has 1 amide bonds. The normalized spacial score (nSPS) is 10.2. The molecular formula is C14H10F2N2O3. The highest BCUT2D eigenvalue weighted by Gasteiger charge is 2.16. The summed E-state index contributed by atoms with van der Waals surface area (Å²) >= 11 is 0. The monoisotopic (exact) mass is 292 g/mol. The summed E-state index contributed by atoms with van der Waals surface area (Å²) in [6, 6.07) is 7.06. The number of halogens is 2. The number of nitrogens with one attached hydrogen (secondary N) is 1. The van der Waals surface area contributed by atoms with Gasteiger partial charge < -0.3 is 10.4 Å². The summed E-state index contributed by atoms with van der Waals surface area (Å²) < 4.78 is 26.3. The number of carboxylic acid groups (broad SMARTS) is 1. The molecule has 5 nitrogen and oxygen atoms in total. The molecule has 108 valence electrons. The van der Waals surface area contributed by atoms with E-state index in [1.165, 1.54) is 24.3 Å². The van der Waals surface area contributed by atoms with Crippen LogP contribution in [0.1, 0.15) is 15.9 Å². The van der Waals surface area contributed by atoms with Gasteiger partial charge in [-0.2, -0.15) is 4.39 Å². The summed E-state index contributed by atoms with van der Waals surface area (Å²) in [4.78, 5) is 25.4. The first-order chi connectivity index (χ1) is 9.97. The molecule has 0 atom stereocenters. The molecule has 7 heteroatoms. The SMILES string of the molecule is O=C(O)Cc1ccc(NC(=O)c2ccnc(F)c2F)cc1. The number of aliphatic carboxylic acids is 1. The van der Waals surface area contributed by atoms with E-state index in [4.69, 9.17) is 5.11 Å². The third kappa shape index (κ3) is 3.59. The van der Waals surface area contributed by atoms with Crippen molar-refractivity contribution in [2.45, 2.75) is 6.42 Å². The quantitative estimate of drug-likeness (QED) is 0.847. The zero-order valence-corrected chi connectivity index (χ0v) is 10.6. The molecule has 0 bridgehead atoms. The Kier molecular flexibility index (Phi) is 4.22. The lowest BCUT2D eigenvalue weighted by molar-refractivity contribution is -0.136. The van der Waals surface area contributed by atoms with Gasteiger partial charge in [0.25, 0.3) is 5.91 Å². The lowest BCUT2D eigenvalue weighted by Crippen LogP contribution is -2.15. The molecule has 0 aliphatic carbocycles. The van der Waals surface area contributed by atoms with Crippen molar-refractivity contribution in [1.82, 2.24) is 4.98 Å². The number of carbonyl (C=O) groups is 2. The van der Waals surface area contributed by atoms with Crippen LogP contribution in [0, 0.1) is 11.8 Å². The van der Waals surface area contributed by atoms with Gasteiger partial charge in [-0.1, -0.05) is 12.1 Å². The fourth-order valence-corrected chi connectivity index (χ4v) is 1.67. The molecule has 1 aromatic carbocycles. The van der Waals surface area contributed by atoms with Crippen molar-refractivity contribution in [2.75, 3.05) is 5.32 Å². The van der Waals surface area contributed by atoms with Crippen molar-refractivity contribution in [2.24, 2.45) is 0 Å². The van der Waals surface area contributed by atoms with Crippen molar-refractivity contribution < 1.29 is 23.5 Å². The number of aromatic nitrogens is 1. The third-order valence-electron chi connectivity index (χ3n) is 2.66. The zero-order valence-electron chi connectivity index (χ0n) is 10.6. The van der Waals surface area contributed by atoms with Crippen LogP contribution < -0.4 is 5.32 Å². The van der Waals surface area contributed by atoms with Crippen LogP contribution in [-0.2, 0) is 11.2 Å². The fraction of sp³-hybridized carbons (Fsp3) is 0.0714. The number of anilines is 1. The van der Waals surface area contributed by atoms with E-state index >= 15 is 0 Å². The van der Waals surface area contributed by atoms with Gasteiger partial charge in [0.15, 0.2) is 5.82 Å². The summed E-state index contributed by atoms with van der Waals surface area (Å²) in [6.07, 6.45) is 0.849. The summed E-state index contributed by atoms with van der Waals surface area (Å²) in [5, 5.41) is 11.0. The third-order valence-corrected chi connectivity index (χ3v) is 2.66. The molecule has 0 unspecified atom stereocenters. The van der Waals surface area contributed by atoms with E-state index in [1.54, 1.807) is 0 Å². The molecule has 0 saturated carbocycles. The molecule has 0 saturated heterocycles. The number of rotatable bonds is 4. The summed E-state index contributed by atoms with van der Waals surface area (Å²) in [5.41, 5.74) is 0.435. The van der Waals surface area contributed by atoms with Crippen molar-refractivity contribution in [3.63, 3.8) is 0 Å². The largest absolute Gasteiger partial charge is 0.481 e. The van der Waals surface area contributed by atoms with Gasteiger partial charge in [0.05, 0.1) is 12.0 Å². The number of carbonyl (C=O) groups excluding carboxylic acids is 1. The number of carboxylic acids is 1. The predicted octanol–water partition coefficient (Wildman–Crippen LogP) is 2.24. The molecule has 0 fully saturated rings. The Labute approximate surface area is 118 Å². The van der Waals surface area contributed by atoms with Gasteiger partial charge in [-0.05, 0) is 23.8 Å². The highest BCUT2D eigenvalue weighted by molar-refractivity contribution is 6.04. The Morgan fingerprint density at radius 1 is 1.14 bits per heavy atom. The first-order valence-corrected chi connectivity index (χ1v) is 5.89. The maximum Gasteiger partial charge on any atom is 0.307 e. The second-order valence-electron chi connectivity index (χ2n) is 4.18. The topological polar surface area (TPSA) is 79.3 Å². The molecule has 2 N–H and O–H groups in total. The highest BCUT2D eigenvalue weighted by atomic mass is 19.2. The van der Waals surface area contributed by atoms with Crippen LogP contribution in [0.4, 0.5) is 14.5 Å². The van der Waals surface area contributed by atoms with E-state index in [0.717, 1.165) is 12.3 Å². The van der Waals surface area contributed by atoms with Gasteiger partial charge in [0.1, 0.15) is 0 Å². The Morgan fingerprint density at radius 2 is 1.81 bits per heavy atom. The van der Waals surface area contributed by atoms with Crippen LogP contribution in [0.25, 0.3) is 0 Å². The van der Waals surface area contributed by atoms with Crippen molar-refractivity contribution in [3.8, 4) is 0 Å². The lowest BCUT2D eigenvalue weighted by atomic mass is 10.1. The van der Waals surface area contributed by atoms with Gasteiger partial charge in [-0.25, -0.2) is 9.37 Å². The number of hydrogen-bond acceptors (Lipinski definition) is 3. The lowest BCUT2D eigenvalue weighted by Gasteiger charge is -2.07. The van der Waals surface area contributed by atoms with Gasteiger partial charge in [-0.15, -0.1) is 0 Å². The standard InChI is InChI=1S/C14H10F2N2O3/c15-12-10(5-6-17-13(12)16)14(21)18-9-3-1-8(2-4-9)7-11(19)20/h1-6H,7H2,(H,18,21)(H,19,20). The van der Waals surface area contributed by atoms with Crippen LogP contribution in [0.15, 0.2) is 36.5 Å². The average Bonchev–Trinajstić information content (AvgIpc) is 2.43. The molecule has 2 aromatic rings. The van der Waals surface area contributed by atoms with Gasteiger partial charge >= 0.3 is 5.97 Å². The predicted molar refractivity (Wildman–Crippen MR) is 69.9 cm³/mol. The van der Waals surface area contributed by atoms with Gasteiger partial charge in [0, 0.05) is 11.9 Å². The Hall–Kier alpha value is -2.83. The molecular weight excluding hydrogens is 282 g/mol. The molecule has 0 radical (unpaired) electrons. The van der Waals surface area contributed by atoms with E-state index in [2.05, 4.69) is 10.3 Å². The maximum absolute atomic E-state index is 13.4. The van der Waals surface area contributed by atoms with Crippen LogP contribution in [0.5, 0.6) is 0 Å². The molecule has 0 aliphatic heterocycles. The summed E-state index contributed by atoms with van der Waals surface area (Å²) in [5.74, 6) is -4.46. The average molecular weight is 292 g/mol. The minimum Gasteiger partial charge on any atom is -0.481 e. The molecule has 21 heavy (non-hydrogen) atoms. The van der Waals surface area contributed by atoms with E-state index in [0.29, 0.717) is 11.3 Å². The second-order valence-corrected chi connectivity index (χ2v) is 4.18. The second kappa shape index (κ2) is 6.08. The number of benzene rings is 1. The van der Waals surface area contributed by atoms with Crippen LogP contribution >= 0.6 is 0 Å². The van der Waals surface area contributed by atoms with E-state index in [9.17, 15) is 18.4 Å². The first-order valence-electron chi connectivity index (χ1n) is 5.89. The van der Waals surface area contributed by atoms with E-state index < -0.39 is 29.2 Å². The first kappa shape index (κ1) is 14.6. The number of hydrogen-bond donors (Lipinski definition) is 2. The van der Waals surface area contributed by atoms with Gasteiger partial charge in [-0.3, -0.25) is 9.59 Å². The number of amides is 1. The number of nitrogens with zero attached hydrogens (tertiary/aromatic N) is 1. The minimum absolute atomic E-state index is 0.140. The fourth-order valence-electron chi connectivity index (χ4n) is 1.67. The van der Waals surface area contributed by atoms with Crippen LogP contribution in [0.3, 0.4) is 0 Å². The van der Waals surface area contributed by atoms with Crippen molar-refractivity contribution in [1.29, 1.82) is 0 Å². The Morgan fingerprint density at radius 3 is 2.43 bits per heavy atom. The van der Waals surface area contributed by atoms with Crippen LogP contribution in [-0.4, -0.2) is 22.0 Å². The molecule has 2 rings (SSSR count). The van der Waals surface area contributed by atoms with Crippen molar-refractivity contribution >= 4 is 17.6 Å². The van der Waals surface area contributed by atoms with Crippen molar-refractivity contribution in [3.05, 3.63) is 59.4 Å².